The molecule has 0 heterocycles. The molecule has 1 N–H and O–H groups in total. The molecule has 0 spiro atoms. The first kappa shape index (κ1) is 29.2. The topological polar surface area (TPSA) is 96.0 Å². The first-order valence-electron chi connectivity index (χ1n) is 12.2. The van der Waals surface area contributed by atoms with Gasteiger partial charge in [-0.05, 0) is 63.4 Å². The van der Waals surface area contributed by atoms with E-state index in [4.69, 9.17) is 4.74 Å². The average Bonchev–Trinajstić information content (AvgIpc) is 2.81. The van der Waals surface area contributed by atoms with Crippen molar-refractivity contribution in [2.45, 2.75) is 65.6 Å². The number of nitrogens with zero attached hydrogens (tertiary/aromatic N) is 2. The Hall–Kier alpha value is -3.07. The lowest BCUT2D eigenvalue weighted by Gasteiger charge is -2.31. The predicted molar refractivity (Wildman–Crippen MR) is 144 cm³/mol. The number of aryl methyl sites for hydroxylation is 1. The largest absolute Gasteiger partial charge is 0.497 e. The van der Waals surface area contributed by atoms with Crippen molar-refractivity contribution in [3.63, 3.8) is 0 Å². The number of rotatable bonds is 13. The summed E-state index contributed by atoms with van der Waals surface area (Å²) in [5, 5.41) is 2.91. The zero-order valence-corrected chi connectivity index (χ0v) is 23.0. The molecule has 0 saturated heterocycles. The van der Waals surface area contributed by atoms with E-state index < -0.39 is 16.1 Å². The van der Waals surface area contributed by atoms with Crippen molar-refractivity contribution in [3.05, 3.63) is 59.7 Å². The van der Waals surface area contributed by atoms with Crippen molar-refractivity contribution in [2.24, 2.45) is 0 Å². The van der Waals surface area contributed by atoms with Gasteiger partial charge < -0.3 is 15.0 Å². The van der Waals surface area contributed by atoms with Gasteiger partial charge in [-0.1, -0.05) is 36.8 Å². The zero-order chi connectivity index (χ0) is 26.9. The van der Waals surface area contributed by atoms with Crippen LogP contribution in [0.5, 0.6) is 5.75 Å². The first-order chi connectivity index (χ1) is 17.0. The van der Waals surface area contributed by atoms with Crippen molar-refractivity contribution < 1.29 is 22.7 Å². The van der Waals surface area contributed by atoms with Crippen molar-refractivity contribution >= 4 is 27.5 Å². The Morgan fingerprint density at radius 2 is 1.75 bits per heavy atom. The Morgan fingerprint density at radius 3 is 2.31 bits per heavy atom. The molecule has 8 nitrogen and oxygen atoms in total. The van der Waals surface area contributed by atoms with E-state index in [1.165, 1.54) is 4.31 Å². The molecule has 2 aromatic rings. The minimum atomic E-state index is -3.52. The number of nitrogens with one attached hydrogen (secondary N) is 1. The lowest BCUT2D eigenvalue weighted by atomic mass is 10.1. The number of sulfonamides is 1. The van der Waals surface area contributed by atoms with Gasteiger partial charge in [0.1, 0.15) is 11.8 Å². The molecule has 9 heteroatoms. The molecule has 1 unspecified atom stereocenters. The maximum absolute atomic E-state index is 13.5. The van der Waals surface area contributed by atoms with Gasteiger partial charge in [-0.3, -0.25) is 13.9 Å². The normalized spacial score (nSPS) is 12.2. The third-order valence-corrected chi connectivity index (χ3v) is 6.97. The molecule has 0 aliphatic carbocycles. The molecule has 198 valence electrons. The molecule has 2 amide bonds. The molecule has 0 fully saturated rings. The Kier molecular flexibility index (Phi) is 10.8. The van der Waals surface area contributed by atoms with Gasteiger partial charge in [-0.25, -0.2) is 8.42 Å². The van der Waals surface area contributed by atoms with E-state index in [9.17, 15) is 18.0 Å². The highest BCUT2D eigenvalue weighted by atomic mass is 32.2. The quantitative estimate of drug-likeness (QED) is 0.435. The number of carbonyl (C=O) groups excluding carboxylic acids is 2. The lowest BCUT2D eigenvalue weighted by Crippen LogP contribution is -2.50. The minimum Gasteiger partial charge on any atom is -0.497 e. The highest BCUT2D eigenvalue weighted by Crippen LogP contribution is 2.21. The van der Waals surface area contributed by atoms with Crippen LogP contribution in [0.25, 0.3) is 0 Å². The molecule has 0 aliphatic heterocycles. The highest BCUT2D eigenvalue weighted by molar-refractivity contribution is 7.92. The maximum Gasteiger partial charge on any atom is 0.243 e. The summed E-state index contributed by atoms with van der Waals surface area (Å²) in [7, 11) is -1.94. The molecule has 2 rings (SSSR count). The molecule has 2 aromatic carbocycles. The van der Waals surface area contributed by atoms with Crippen LogP contribution < -0.4 is 14.4 Å². The van der Waals surface area contributed by atoms with Crippen molar-refractivity contribution in [1.82, 2.24) is 10.2 Å². The predicted octanol–water partition coefficient (Wildman–Crippen LogP) is 3.88. The SMILES string of the molecule is CCC(C(=O)NC(C)C)N(Cc1cccc(OC)c1)C(=O)CCCN(c1ccc(C)cc1)S(C)(=O)=O. The van der Waals surface area contributed by atoms with E-state index in [0.29, 0.717) is 24.3 Å². The third kappa shape index (κ3) is 8.55. The van der Waals surface area contributed by atoms with E-state index in [1.807, 2.05) is 64.1 Å². The summed E-state index contributed by atoms with van der Waals surface area (Å²) in [6.07, 6.45) is 2.03. The number of benzene rings is 2. The molecule has 0 radical (unpaired) electrons. The van der Waals surface area contributed by atoms with Crippen LogP contribution in [0.4, 0.5) is 5.69 Å². The van der Waals surface area contributed by atoms with Gasteiger partial charge in [0.25, 0.3) is 0 Å². The zero-order valence-electron chi connectivity index (χ0n) is 22.2. The van der Waals surface area contributed by atoms with Gasteiger partial charge in [0.15, 0.2) is 0 Å². The second-order valence-corrected chi connectivity index (χ2v) is 11.1. The molecule has 36 heavy (non-hydrogen) atoms. The van der Waals surface area contributed by atoms with Crippen LogP contribution in [0.2, 0.25) is 0 Å². The Morgan fingerprint density at radius 1 is 1.08 bits per heavy atom. The Labute approximate surface area is 215 Å². The molecule has 0 bridgehead atoms. The van der Waals surface area contributed by atoms with Crippen LogP contribution in [-0.2, 0) is 26.2 Å². The fourth-order valence-electron chi connectivity index (χ4n) is 3.98. The summed E-state index contributed by atoms with van der Waals surface area (Å²) in [4.78, 5) is 28.0. The molecule has 0 aliphatic rings. The van der Waals surface area contributed by atoms with Gasteiger partial charge in [-0.15, -0.1) is 0 Å². The van der Waals surface area contributed by atoms with Crippen molar-refractivity contribution in [2.75, 3.05) is 24.2 Å². The lowest BCUT2D eigenvalue weighted by molar-refractivity contribution is -0.141. The number of hydrogen-bond acceptors (Lipinski definition) is 5. The van der Waals surface area contributed by atoms with Crippen LogP contribution in [0.15, 0.2) is 48.5 Å². The molecular weight excluding hydrogens is 478 g/mol. The number of ether oxygens (including phenoxy) is 1. The van der Waals surface area contributed by atoms with Gasteiger partial charge >= 0.3 is 0 Å². The van der Waals surface area contributed by atoms with Gasteiger partial charge in [0.2, 0.25) is 21.8 Å². The number of anilines is 1. The molecule has 0 aromatic heterocycles. The summed E-state index contributed by atoms with van der Waals surface area (Å²) in [5.74, 6) is 0.253. The second-order valence-electron chi connectivity index (χ2n) is 9.23. The highest BCUT2D eigenvalue weighted by Gasteiger charge is 2.29. The van der Waals surface area contributed by atoms with Crippen LogP contribution in [0, 0.1) is 6.92 Å². The summed E-state index contributed by atoms with van der Waals surface area (Å²) in [6.45, 7) is 7.97. The molecule has 1 atom stereocenters. The molecular formula is C27H39N3O5S. The number of hydrogen-bond donors (Lipinski definition) is 1. The summed E-state index contributed by atoms with van der Waals surface area (Å²) in [6, 6.07) is 13.9. The van der Waals surface area contributed by atoms with E-state index in [2.05, 4.69) is 5.32 Å². The standard InChI is InChI=1S/C27H39N3O5S/c1-7-25(27(32)28-20(2)3)29(19-22-10-8-11-24(18-22)35-5)26(31)12-9-17-30(36(6,33)34)23-15-13-21(4)14-16-23/h8,10-11,13-16,18,20,25H,7,9,12,17,19H2,1-6H3,(H,28,32). The van der Waals surface area contributed by atoms with Gasteiger partial charge in [0, 0.05) is 25.6 Å². The Bertz CT molecular complexity index is 1120. The number of methoxy groups -OCH3 is 1. The smallest absolute Gasteiger partial charge is 0.243 e. The molecule has 0 saturated carbocycles. The van der Waals surface area contributed by atoms with E-state index in [1.54, 1.807) is 24.1 Å². The van der Waals surface area contributed by atoms with Crippen LogP contribution >= 0.6 is 0 Å². The van der Waals surface area contributed by atoms with E-state index in [-0.39, 0.29) is 37.4 Å². The summed E-state index contributed by atoms with van der Waals surface area (Å²) < 4.78 is 31.5. The monoisotopic (exact) mass is 517 g/mol. The van der Waals surface area contributed by atoms with Crippen LogP contribution in [-0.4, -0.2) is 57.1 Å². The van der Waals surface area contributed by atoms with Crippen molar-refractivity contribution in [3.8, 4) is 5.75 Å². The summed E-state index contributed by atoms with van der Waals surface area (Å²) in [5.41, 5.74) is 2.43. The summed E-state index contributed by atoms with van der Waals surface area (Å²) >= 11 is 0. The van der Waals surface area contributed by atoms with E-state index in [0.717, 1.165) is 17.4 Å². The maximum atomic E-state index is 13.5. The second kappa shape index (κ2) is 13.3. The van der Waals surface area contributed by atoms with Crippen molar-refractivity contribution in [1.29, 1.82) is 0 Å². The average molecular weight is 518 g/mol. The fraction of sp³-hybridized carbons (Fsp3) is 0.481. The van der Waals surface area contributed by atoms with E-state index >= 15 is 0 Å². The van der Waals surface area contributed by atoms with Crippen LogP contribution in [0.3, 0.4) is 0 Å². The first-order valence-corrected chi connectivity index (χ1v) is 14.1. The number of carbonyl (C=O) groups is 2. The van der Waals surface area contributed by atoms with Gasteiger partial charge in [-0.2, -0.15) is 0 Å². The minimum absolute atomic E-state index is 0.0573. The third-order valence-electron chi connectivity index (χ3n) is 5.78. The van der Waals surface area contributed by atoms with Crippen LogP contribution in [0.1, 0.15) is 51.2 Å². The number of amides is 2. The Balaban J connectivity index is 2.23. The fourth-order valence-corrected chi connectivity index (χ4v) is 4.95. The van der Waals surface area contributed by atoms with Gasteiger partial charge in [0.05, 0.1) is 19.1 Å².